The predicted octanol–water partition coefficient (Wildman–Crippen LogP) is 3.26. The summed E-state index contributed by atoms with van der Waals surface area (Å²) in [5.41, 5.74) is 2.04. The first-order valence-corrected chi connectivity index (χ1v) is 10.0. The van der Waals surface area contributed by atoms with E-state index in [4.69, 9.17) is 0 Å². The number of piperidine rings is 3. The molecule has 2 bridgehead atoms. The van der Waals surface area contributed by atoms with Gasteiger partial charge < -0.3 is 10.2 Å². The molecule has 4 nitrogen and oxygen atoms in total. The maximum absolute atomic E-state index is 12.3. The number of fused-ring (bicyclic) bond motifs is 3. The van der Waals surface area contributed by atoms with Gasteiger partial charge in [-0.2, -0.15) is 0 Å². The molecule has 0 aromatic heterocycles. The van der Waals surface area contributed by atoms with Crippen LogP contribution in [0.25, 0.3) is 0 Å². The third-order valence-electron chi connectivity index (χ3n) is 6.25. The average Bonchev–Trinajstić information content (AvgIpc) is 2.74. The van der Waals surface area contributed by atoms with Crippen molar-refractivity contribution in [1.82, 2.24) is 10.2 Å². The number of anilines is 1. The average molecular weight is 364 g/mol. The first-order valence-electron chi connectivity index (χ1n) is 10.0. The summed E-state index contributed by atoms with van der Waals surface area (Å²) in [6, 6.07) is 20.6. The number of para-hydroxylation sites is 1. The fourth-order valence-corrected chi connectivity index (χ4v) is 4.71. The molecule has 27 heavy (non-hydrogen) atoms. The molecule has 142 valence electrons. The molecular weight excluding hydrogens is 334 g/mol. The Balaban J connectivity index is 1.30. The van der Waals surface area contributed by atoms with Gasteiger partial charge in [-0.3, -0.25) is 9.69 Å². The second-order valence-electron chi connectivity index (χ2n) is 7.99. The number of rotatable bonds is 6. The van der Waals surface area contributed by atoms with Crippen molar-refractivity contribution in [2.75, 3.05) is 38.1 Å². The van der Waals surface area contributed by atoms with Crippen LogP contribution < -0.4 is 10.2 Å². The van der Waals surface area contributed by atoms with Gasteiger partial charge in [-0.05, 0) is 55.5 Å². The molecule has 3 fully saturated rings. The fourth-order valence-electron chi connectivity index (χ4n) is 4.71. The quantitative estimate of drug-likeness (QED) is 0.856. The molecule has 4 atom stereocenters. The Hall–Kier alpha value is -2.33. The van der Waals surface area contributed by atoms with Crippen molar-refractivity contribution in [3.05, 3.63) is 66.2 Å². The van der Waals surface area contributed by atoms with Gasteiger partial charge in [0.2, 0.25) is 0 Å². The fraction of sp³-hybridized carbons (Fsp3) is 0.435. The van der Waals surface area contributed by atoms with Crippen LogP contribution in [0, 0.1) is 11.8 Å². The molecule has 0 saturated carbocycles. The molecule has 0 spiro atoms. The topological polar surface area (TPSA) is 35.6 Å². The Labute approximate surface area is 162 Å². The Morgan fingerprint density at radius 1 is 1.11 bits per heavy atom. The van der Waals surface area contributed by atoms with Crippen molar-refractivity contribution in [3.8, 4) is 0 Å². The third kappa shape index (κ3) is 4.16. The molecule has 1 amide bonds. The first-order chi connectivity index (χ1) is 13.2. The first kappa shape index (κ1) is 18.1. The minimum atomic E-state index is 0.0404. The summed E-state index contributed by atoms with van der Waals surface area (Å²) in [4.78, 5) is 17.3. The van der Waals surface area contributed by atoms with Gasteiger partial charge in [0.15, 0.2) is 0 Å². The normalized spacial score (nSPS) is 26.6. The van der Waals surface area contributed by atoms with Gasteiger partial charge in [0.25, 0.3) is 5.91 Å². The number of carbonyl (C=O) groups excluding carboxylic acids is 1. The van der Waals surface area contributed by atoms with Crippen LogP contribution in [0.5, 0.6) is 0 Å². The van der Waals surface area contributed by atoms with E-state index >= 15 is 0 Å². The molecule has 3 heterocycles. The van der Waals surface area contributed by atoms with Crippen LogP contribution >= 0.6 is 0 Å². The lowest BCUT2D eigenvalue weighted by Crippen LogP contribution is -2.58. The molecule has 1 N–H and O–H groups in total. The van der Waals surface area contributed by atoms with Gasteiger partial charge in [0.1, 0.15) is 0 Å². The summed E-state index contributed by atoms with van der Waals surface area (Å²) in [5.74, 6) is 1.52. The van der Waals surface area contributed by atoms with E-state index in [0.29, 0.717) is 12.0 Å². The monoisotopic (exact) mass is 363 g/mol. The van der Waals surface area contributed by atoms with Gasteiger partial charge in [0, 0.05) is 44.0 Å². The van der Waals surface area contributed by atoms with Crippen molar-refractivity contribution >= 4 is 11.6 Å². The number of nitrogens with one attached hydrogen (secondary N) is 1. The van der Waals surface area contributed by atoms with E-state index in [-0.39, 0.29) is 5.91 Å². The van der Waals surface area contributed by atoms with Crippen LogP contribution in [0.4, 0.5) is 5.69 Å². The number of benzene rings is 2. The largest absolute Gasteiger partial charge is 0.374 e. The standard InChI is InChI=1S/C23H29N3O/c1-25(21-10-6-3-7-11-21)16-20-17-26-13-12-19(20)14-22(26)15-24-23(27)18-8-4-2-5-9-18/h2-11,19-20,22H,12-17H2,1H3,(H,24,27). The van der Waals surface area contributed by atoms with E-state index in [1.807, 2.05) is 30.3 Å². The summed E-state index contributed by atoms with van der Waals surface area (Å²) in [5, 5.41) is 3.14. The maximum atomic E-state index is 12.3. The predicted molar refractivity (Wildman–Crippen MR) is 110 cm³/mol. The van der Waals surface area contributed by atoms with Crippen LogP contribution in [-0.2, 0) is 0 Å². The second kappa shape index (κ2) is 8.13. The molecule has 5 rings (SSSR count). The third-order valence-corrected chi connectivity index (χ3v) is 6.25. The highest BCUT2D eigenvalue weighted by Gasteiger charge is 2.40. The van der Waals surface area contributed by atoms with Crippen LogP contribution in [0.2, 0.25) is 0 Å². The summed E-state index contributed by atoms with van der Waals surface area (Å²) in [6.07, 6.45) is 2.48. The zero-order chi connectivity index (χ0) is 18.6. The van der Waals surface area contributed by atoms with Crippen molar-refractivity contribution in [2.24, 2.45) is 11.8 Å². The van der Waals surface area contributed by atoms with E-state index in [0.717, 1.165) is 31.1 Å². The minimum absolute atomic E-state index is 0.0404. The van der Waals surface area contributed by atoms with E-state index < -0.39 is 0 Å². The van der Waals surface area contributed by atoms with Crippen LogP contribution in [0.3, 0.4) is 0 Å². The molecule has 0 radical (unpaired) electrons. The molecule has 4 unspecified atom stereocenters. The lowest BCUT2D eigenvalue weighted by molar-refractivity contribution is 0.00517. The smallest absolute Gasteiger partial charge is 0.251 e. The molecular formula is C23H29N3O. The van der Waals surface area contributed by atoms with E-state index in [9.17, 15) is 4.79 Å². The zero-order valence-electron chi connectivity index (χ0n) is 16.1. The van der Waals surface area contributed by atoms with Crippen LogP contribution in [0.1, 0.15) is 23.2 Å². The Morgan fingerprint density at radius 3 is 2.48 bits per heavy atom. The number of amides is 1. The van der Waals surface area contributed by atoms with Gasteiger partial charge in [0.05, 0.1) is 0 Å². The number of hydrogen-bond acceptors (Lipinski definition) is 3. The van der Waals surface area contributed by atoms with Crippen molar-refractivity contribution in [3.63, 3.8) is 0 Å². The maximum Gasteiger partial charge on any atom is 0.251 e. The molecule has 3 aliphatic rings. The molecule has 2 aromatic rings. The minimum Gasteiger partial charge on any atom is -0.374 e. The number of carbonyl (C=O) groups is 1. The summed E-state index contributed by atoms with van der Waals surface area (Å²) in [6.45, 7) is 4.18. The number of nitrogens with zero attached hydrogens (tertiary/aromatic N) is 2. The highest BCUT2D eigenvalue weighted by molar-refractivity contribution is 5.94. The van der Waals surface area contributed by atoms with Crippen LogP contribution in [-0.4, -0.2) is 50.1 Å². The highest BCUT2D eigenvalue weighted by Crippen LogP contribution is 2.36. The van der Waals surface area contributed by atoms with Crippen molar-refractivity contribution in [1.29, 1.82) is 0 Å². The molecule has 3 aliphatic heterocycles. The zero-order valence-corrected chi connectivity index (χ0v) is 16.1. The lowest BCUT2D eigenvalue weighted by atomic mass is 9.75. The van der Waals surface area contributed by atoms with E-state index in [1.54, 1.807) is 0 Å². The Bertz CT molecular complexity index is 749. The van der Waals surface area contributed by atoms with Crippen molar-refractivity contribution in [2.45, 2.75) is 18.9 Å². The molecule has 4 heteroatoms. The van der Waals surface area contributed by atoms with E-state index in [2.05, 4.69) is 52.5 Å². The van der Waals surface area contributed by atoms with Gasteiger partial charge in [-0.25, -0.2) is 0 Å². The number of hydrogen-bond donors (Lipinski definition) is 1. The summed E-state index contributed by atoms with van der Waals surface area (Å²) < 4.78 is 0. The van der Waals surface area contributed by atoms with Crippen molar-refractivity contribution < 1.29 is 4.79 Å². The Kier molecular flexibility index (Phi) is 5.44. The van der Waals surface area contributed by atoms with Gasteiger partial charge in [-0.15, -0.1) is 0 Å². The second-order valence-corrected chi connectivity index (χ2v) is 7.99. The van der Waals surface area contributed by atoms with Crippen LogP contribution in [0.15, 0.2) is 60.7 Å². The molecule has 2 aromatic carbocycles. The SMILES string of the molecule is CN(CC1CN2CCC1CC2CNC(=O)c1ccccc1)c1ccccc1. The molecule has 0 aliphatic carbocycles. The van der Waals surface area contributed by atoms with Gasteiger partial charge in [-0.1, -0.05) is 36.4 Å². The molecule has 3 saturated heterocycles. The highest BCUT2D eigenvalue weighted by atomic mass is 16.1. The summed E-state index contributed by atoms with van der Waals surface area (Å²) >= 11 is 0. The Morgan fingerprint density at radius 2 is 1.81 bits per heavy atom. The van der Waals surface area contributed by atoms with Gasteiger partial charge >= 0.3 is 0 Å². The lowest BCUT2D eigenvalue weighted by Gasteiger charge is -2.50. The van der Waals surface area contributed by atoms with E-state index in [1.165, 1.54) is 25.1 Å². The summed E-state index contributed by atoms with van der Waals surface area (Å²) in [7, 11) is 2.20.